The summed E-state index contributed by atoms with van der Waals surface area (Å²) in [5.74, 6) is 0. The number of likely N-dealkylation sites (N-methyl/N-ethyl adjacent to an activating group) is 1. The summed E-state index contributed by atoms with van der Waals surface area (Å²) >= 11 is 1.64. The summed E-state index contributed by atoms with van der Waals surface area (Å²) in [5.41, 5.74) is 7.17. The number of rotatable bonds is 4. The Kier molecular flexibility index (Phi) is 5.14. The van der Waals surface area contributed by atoms with Gasteiger partial charge in [0.05, 0.1) is 5.69 Å². The predicted molar refractivity (Wildman–Crippen MR) is 116 cm³/mol. The second-order valence-corrected chi connectivity index (χ2v) is 8.16. The molecule has 0 spiro atoms. The van der Waals surface area contributed by atoms with E-state index in [1.807, 2.05) is 0 Å². The van der Waals surface area contributed by atoms with Crippen molar-refractivity contribution in [2.75, 3.05) is 43.4 Å². The van der Waals surface area contributed by atoms with Gasteiger partial charge in [0.25, 0.3) is 0 Å². The first-order valence-electron chi connectivity index (χ1n) is 9.42. The van der Waals surface area contributed by atoms with Crippen molar-refractivity contribution in [2.24, 2.45) is 0 Å². The van der Waals surface area contributed by atoms with Crippen molar-refractivity contribution in [3.8, 4) is 11.3 Å². The summed E-state index contributed by atoms with van der Waals surface area (Å²) in [5, 5.41) is 6.47. The van der Waals surface area contributed by atoms with E-state index in [0.29, 0.717) is 0 Å². The molecule has 2 aromatic carbocycles. The van der Waals surface area contributed by atoms with E-state index in [9.17, 15) is 0 Å². The number of aryl methyl sites for hydroxylation is 2. The zero-order valence-corrected chi connectivity index (χ0v) is 17.0. The van der Waals surface area contributed by atoms with Crippen LogP contribution in [-0.4, -0.2) is 43.1 Å². The summed E-state index contributed by atoms with van der Waals surface area (Å²) in [4.78, 5) is 9.60. The van der Waals surface area contributed by atoms with E-state index >= 15 is 0 Å². The van der Waals surface area contributed by atoms with Crippen LogP contribution >= 0.6 is 11.3 Å². The average Bonchev–Trinajstić information content (AvgIpc) is 3.14. The van der Waals surface area contributed by atoms with Crippen LogP contribution in [0.5, 0.6) is 0 Å². The number of nitrogens with zero attached hydrogens (tertiary/aromatic N) is 3. The van der Waals surface area contributed by atoms with E-state index in [-0.39, 0.29) is 0 Å². The molecule has 27 heavy (non-hydrogen) atoms. The van der Waals surface area contributed by atoms with Gasteiger partial charge in [-0.25, -0.2) is 4.98 Å². The lowest BCUT2D eigenvalue weighted by molar-refractivity contribution is 0.313. The Balaban J connectivity index is 1.45. The summed E-state index contributed by atoms with van der Waals surface area (Å²) in [7, 11) is 2.19. The van der Waals surface area contributed by atoms with E-state index in [1.165, 1.54) is 16.8 Å². The van der Waals surface area contributed by atoms with Crippen LogP contribution in [0, 0.1) is 13.8 Å². The monoisotopic (exact) mass is 378 g/mol. The second-order valence-electron chi connectivity index (χ2n) is 7.30. The molecule has 0 radical (unpaired) electrons. The highest BCUT2D eigenvalue weighted by atomic mass is 32.1. The maximum absolute atomic E-state index is 4.77. The van der Waals surface area contributed by atoms with E-state index < -0.39 is 0 Å². The summed E-state index contributed by atoms with van der Waals surface area (Å²) in [6.45, 7) is 8.71. The van der Waals surface area contributed by atoms with Gasteiger partial charge in [0, 0.05) is 48.5 Å². The minimum atomic E-state index is 0.927. The molecule has 0 amide bonds. The van der Waals surface area contributed by atoms with Gasteiger partial charge in [0.1, 0.15) is 0 Å². The fourth-order valence-corrected chi connectivity index (χ4v) is 4.05. The quantitative estimate of drug-likeness (QED) is 0.698. The van der Waals surface area contributed by atoms with Crippen LogP contribution in [0.25, 0.3) is 11.3 Å². The van der Waals surface area contributed by atoms with Gasteiger partial charge in [-0.1, -0.05) is 18.2 Å². The highest BCUT2D eigenvalue weighted by molar-refractivity contribution is 7.14. The molecule has 0 aliphatic carbocycles. The van der Waals surface area contributed by atoms with Crippen molar-refractivity contribution in [2.45, 2.75) is 13.8 Å². The Bertz CT molecular complexity index is 908. The highest BCUT2D eigenvalue weighted by Crippen LogP contribution is 2.29. The minimum Gasteiger partial charge on any atom is -0.369 e. The van der Waals surface area contributed by atoms with E-state index in [0.717, 1.165) is 48.3 Å². The standard InChI is InChI=1S/C22H26N4S/c1-16-4-7-19(14-17(16)2)23-22-24-21(15-27-22)18-5-8-20(9-6-18)26-12-10-25(3)11-13-26/h4-9,14-15H,10-13H2,1-3H3,(H,23,24). The number of thiazole rings is 1. The third-order valence-electron chi connectivity index (χ3n) is 5.29. The fourth-order valence-electron chi connectivity index (χ4n) is 3.31. The molecule has 0 unspecified atom stereocenters. The zero-order chi connectivity index (χ0) is 18.8. The number of benzene rings is 2. The third kappa shape index (κ3) is 4.15. The normalized spacial score (nSPS) is 15.1. The van der Waals surface area contributed by atoms with Gasteiger partial charge in [0.2, 0.25) is 0 Å². The molecule has 4 nitrogen and oxygen atoms in total. The van der Waals surface area contributed by atoms with Gasteiger partial charge >= 0.3 is 0 Å². The molecule has 5 heteroatoms. The predicted octanol–water partition coefficient (Wildman–Crippen LogP) is 4.92. The Morgan fingerprint density at radius 2 is 1.67 bits per heavy atom. The van der Waals surface area contributed by atoms with Crippen molar-refractivity contribution >= 4 is 27.8 Å². The van der Waals surface area contributed by atoms with Crippen LogP contribution in [0.15, 0.2) is 47.8 Å². The lowest BCUT2D eigenvalue weighted by atomic mass is 10.1. The maximum atomic E-state index is 4.77. The topological polar surface area (TPSA) is 31.4 Å². The zero-order valence-electron chi connectivity index (χ0n) is 16.2. The first-order valence-corrected chi connectivity index (χ1v) is 10.3. The van der Waals surface area contributed by atoms with Gasteiger partial charge in [0.15, 0.2) is 5.13 Å². The molecule has 1 fully saturated rings. The lowest BCUT2D eigenvalue weighted by Crippen LogP contribution is -2.44. The SMILES string of the molecule is Cc1ccc(Nc2nc(-c3ccc(N4CCN(C)CC4)cc3)cs2)cc1C. The van der Waals surface area contributed by atoms with Gasteiger partial charge in [-0.05, 0) is 56.3 Å². The average molecular weight is 379 g/mol. The molecular weight excluding hydrogens is 352 g/mol. The van der Waals surface area contributed by atoms with Crippen molar-refractivity contribution in [3.05, 3.63) is 59.0 Å². The smallest absolute Gasteiger partial charge is 0.187 e. The Labute approximate surface area is 165 Å². The first-order chi connectivity index (χ1) is 13.1. The molecule has 1 aliphatic heterocycles. The number of aromatic nitrogens is 1. The number of piperazine rings is 1. The van der Waals surface area contributed by atoms with Crippen molar-refractivity contribution in [1.82, 2.24) is 9.88 Å². The molecule has 1 saturated heterocycles. The molecule has 0 atom stereocenters. The Morgan fingerprint density at radius 1 is 0.926 bits per heavy atom. The van der Waals surface area contributed by atoms with Gasteiger partial charge in [-0.15, -0.1) is 11.3 Å². The summed E-state index contributed by atoms with van der Waals surface area (Å²) in [6.07, 6.45) is 0. The highest BCUT2D eigenvalue weighted by Gasteiger charge is 2.14. The van der Waals surface area contributed by atoms with Crippen molar-refractivity contribution in [1.29, 1.82) is 0 Å². The Hall–Kier alpha value is -2.37. The lowest BCUT2D eigenvalue weighted by Gasteiger charge is -2.34. The largest absolute Gasteiger partial charge is 0.369 e. The van der Waals surface area contributed by atoms with Gasteiger partial charge in [-0.2, -0.15) is 0 Å². The summed E-state index contributed by atoms with van der Waals surface area (Å²) in [6, 6.07) is 15.2. The number of anilines is 3. The summed E-state index contributed by atoms with van der Waals surface area (Å²) < 4.78 is 0. The van der Waals surface area contributed by atoms with Crippen LogP contribution in [0.2, 0.25) is 0 Å². The molecular formula is C22H26N4S. The molecule has 3 aromatic rings. The molecule has 1 aromatic heterocycles. The maximum Gasteiger partial charge on any atom is 0.187 e. The Morgan fingerprint density at radius 3 is 2.37 bits per heavy atom. The molecule has 0 bridgehead atoms. The number of hydrogen-bond acceptors (Lipinski definition) is 5. The van der Waals surface area contributed by atoms with E-state index in [2.05, 4.69) is 83.9 Å². The van der Waals surface area contributed by atoms with Crippen molar-refractivity contribution < 1.29 is 0 Å². The number of nitrogens with one attached hydrogen (secondary N) is 1. The van der Waals surface area contributed by atoms with Crippen LogP contribution in [0.3, 0.4) is 0 Å². The van der Waals surface area contributed by atoms with E-state index in [1.54, 1.807) is 11.3 Å². The van der Waals surface area contributed by atoms with Crippen LogP contribution < -0.4 is 10.2 Å². The van der Waals surface area contributed by atoms with Crippen LogP contribution in [0.4, 0.5) is 16.5 Å². The number of hydrogen-bond donors (Lipinski definition) is 1. The molecule has 0 saturated carbocycles. The molecule has 2 heterocycles. The minimum absolute atomic E-state index is 0.927. The van der Waals surface area contributed by atoms with Crippen LogP contribution in [-0.2, 0) is 0 Å². The molecule has 4 rings (SSSR count). The van der Waals surface area contributed by atoms with Crippen molar-refractivity contribution in [3.63, 3.8) is 0 Å². The first kappa shape index (κ1) is 18.0. The van der Waals surface area contributed by atoms with E-state index in [4.69, 9.17) is 4.98 Å². The molecule has 140 valence electrons. The molecule has 1 N–H and O–H groups in total. The second kappa shape index (κ2) is 7.71. The van der Waals surface area contributed by atoms with Gasteiger partial charge < -0.3 is 15.1 Å². The van der Waals surface area contributed by atoms with Crippen LogP contribution in [0.1, 0.15) is 11.1 Å². The third-order valence-corrected chi connectivity index (χ3v) is 6.05. The van der Waals surface area contributed by atoms with Gasteiger partial charge in [-0.3, -0.25) is 0 Å². The fraction of sp³-hybridized carbons (Fsp3) is 0.318. The molecule has 1 aliphatic rings.